The third-order valence-electron chi connectivity index (χ3n) is 9.74. The summed E-state index contributed by atoms with van der Waals surface area (Å²) in [5.74, 6) is -3.93. The van der Waals surface area contributed by atoms with Crippen molar-refractivity contribution in [2.75, 3.05) is 0 Å². The van der Waals surface area contributed by atoms with Crippen LogP contribution >= 0.6 is 63.7 Å². The molecule has 0 aromatic heterocycles. The fourth-order valence-corrected chi connectivity index (χ4v) is 10.4. The average Bonchev–Trinajstić information content (AvgIpc) is 3.05. The van der Waals surface area contributed by atoms with Gasteiger partial charge in [0.15, 0.2) is 0 Å². The summed E-state index contributed by atoms with van der Waals surface area (Å²) in [6, 6.07) is 0. The molecule has 0 heterocycles. The topological polar surface area (TPSA) is 239 Å². The number of hydrogen-bond acceptors (Lipinski definition) is 12. The first-order valence-corrected chi connectivity index (χ1v) is 19.6. The third-order valence-corrected chi connectivity index (χ3v) is 13.5. The molecule has 268 valence electrons. The Morgan fingerprint density at radius 3 is 1.13 bits per heavy atom. The van der Waals surface area contributed by atoms with Gasteiger partial charge in [-0.05, 0) is 106 Å². The van der Waals surface area contributed by atoms with E-state index in [4.69, 9.17) is 4.18 Å². The first-order valence-electron chi connectivity index (χ1n) is 15.1. The van der Waals surface area contributed by atoms with Gasteiger partial charge in [-0.15, -0.1) is 0 Å². The van der Waals surface area contributed by atoms with E-state index in [2.05, 4.69) is 63.7 Å². The fraction of sp³-hybridized carbons (Fsp3) is 0.176. The van der Waals surface area contributed by atoms with E-state index in [-0.39, 0.29) is 112 Å². The van der Waals surface area contributed by atoms with Crippen molar-refractivity contribution in [3.05, 3.63) is 49.5 Å². The van der Waals surface area contributed by atoms with Gasteiger partial charge in [0.05, 0.1) is 42.7 Å². The lowest BCUT2D eigenvalue weighted by Crippen LogP contribution is -2.18. The minimum absolute atomic E-state index is 0.000332. The standard InChI is InChI=1S/C34H20Br4O13S/c1-5(39)3-7-9-10-8(4-6(2)51-52(48,49)50)24(36)32(45)20-12(10)14-13-11(9)19(31(44)23(7)35)27(40)21-15(13)17(29(42)25(37)33(21)46)18-16(14)22(28(20)41)34(47)26(38)30(18)43/h5-6,39,42-47H,3-4H2,1-2H3,(H,48,49,50)/t5-,6-/m0/s1. The smallest absolute Gasteiger partial charge is 0.397 e. The summed E-state index contributed by atoms with van der Waals surface area (Å²) < 4.78 is 37.0. The van der Waals surface area contributed by atoms with Crippen LogP contribution in [0.2, 0.25) is 0 Å². The van der Waals surface area contributed by atoms with Crippen molar-refractivity contribution in [1.82, 2.24) is 0 Å². The van der Waals surface area contributed by atoms with E-state index in [1.54, 1.807) is 0 Å². The fourth-order valence-electron chi connectivity index (χ4n) is 8.03. The number of aliphatic hydroxyl groups is 1. The van der Waals surface area contributed by atoms with Crippen LogP contribution < -0.4 is 10.9 Å². The van der Waals surface area contributed by atoms with Gasteiger partial charge in [-0.25, -0.2) is 4.18 Å². The Morgan fingerprint density at radius 1 is 0.500 bits per heavy atom. The number of aliphatic hydroxyl groups excluding tert-OH is 1. The molecule has 8 aromatic rings. The Labute approximate surface area is 323 Å². The minimum atomic E-state index is -4.99. The molecule has 0 saturated heterocycles. The predicted octanol–water partition coefficient (Wildman–Crippen LogP) is 7.19. The molecule has 0 spiro atoms. The molecule has 0 unspecified atom stereocenters. The number of halogens is 4. The number of phenols is 6. The van der Waals surface area contributed by atoms with Crippen LogP contribution in [-0.2, 0) is 27.4 Å². The Bertz CT molecular complexity index is 3170. The molecule has 0 aliphatic carbocycles. The Hall–Kier alpha value is -3.49. The van der Waals surface area contributed by atoms with E-state index in [0.717, 1.165) is 0 Å². The summed E-state index contributed by atoms with van der Waals surface area (Å²) in [5.41, 5.74) is -1.50. The van der Waals surface area contributed by atoms with Gasteiger partial charge in [-0.1, -0.05) is 0 Å². The van der Waals surface area contributed by atoms with Crippen molar-refractivity contribution in [3.63, 3.8) is 0 Å². The van der Waals surface area contributed by atoms with Gasteiger partial charge >= 0.3 is 10.4 Å². The molecule has 0 aliphatic heterocycles. The summed E-state index contributed by atoms with van der Waals surface area (Å²) in [5, 5.41) is 78.9. The zero-order valence-electron chi connectivity index (χ0n) is 26.1. The number of rotatable bonds is 6. The van der Waals surface area contributed by atoms with E-state index in [0.29, 0.717) is 0 Å². The third kappa shape index (κ3) is 4.31. The van der Waals surface area contributed by atoms with Crippen molar-refractivity contribution in [2.24, 2.45) is 0 Å². The molecule has 8 rings (SSSR count). The van der Waals surface area contributed by atoms with Gasteiger partial charge in [0.25, 0.3) is 0 Å². The number of hydrogen-bond donors (Lipinski definition) is 8. The van der Waals surface area contributed by atoms with Crippen LogP contribution in [0.15, 0.2) is 27.5 Å². The zero-order valence-corrected chi connectivity index (χ0v) is 33.3. The maximum atomic E-state index is 14.7. The molecule has 0 saturated carbocycles. The van der Waals surface area contributed by atoms with Crippen LogP contribution in [0.3, 0.4) is 0 Å². The monoisotopic (exact) mass is 984 g/mol. The van der Waals surface area contributed by atoms with Crippen molar-refractivity contribution < 1.29 is 52.9 Å². The zero-order chi connectivity index (χ0) is 37.9. The van der Waals surface area contributed by atoms with Gasteiger partial charge in [-0.2, -0.15) is 8.42 Å². The molecule has 8 N–H and O–H groups in total. The second kappa shape index (κ2) is 11.3. The Morgan fingerprint density at radius 2 is 0.788 bits per heavy atom. The highest BCUT2D eigenvalue weighted by atomic mass is 79.9. The molecule has 0 aliphatic rings. The van der Waals surface area contributed by atoms with Crippen LogP contribution in [0.4, 0.5) is 0 Å². The Kier molecular flexibility index (Phi) is 7.70. The summed E-state index contributed by atoms with van der Waals surface area (Å²) in [4.78, 5) is 29.4. The lowest BCUT2D eigenvalue weighted by molar-refractivity contribution is 0.195. The number of fused-ring (bicyclic) bond motifs is 2. The van der Waals surface area contributed by atoms with E-state index >= 15 is 0 Å². The lowest BCUT2D eigenvalue weighted by atomic mass is 9.77. The maximum Gasteiger partial charge on any atom is 0.397 e. The highest BCUT2D eigenvalue weighted by Crippen LogP contribution is 2.61. The van der Waals surface area contributed by atoms with Gasteiger partial charge in [0, 0.05) is 49.5 Å². The average molecular weight is 988 g/mol. The Balaban J connectivity index is 1.89. The predicted molar refractivity (Wildman–Crippen MR) is 208 cm³/mol. The SMILES string of the molecule is C[C@H](O)Cc1c(Br)c(O)c2c(=O)c3c(O)c(Br)c(O)c4c5c(O)c(Br)c(O)c6c(=O)c7c(O)c(Br)c(C[C@H](C)OS(=O)(=O)O)c8c1c2c(c34)c(c65)c78. The lowest BCUT2D eigenvalue weighted by Gasteiger charge is -2.28. The van der Waals surface area contributed by atoms with Gasteiger partial charge in [0.2, 0.25) is 10.9 Å². The van der Waals surface area contributed by atoms with E-state index in [1.807, 2.05) is 0 Å². The molecular weight excluding hydrogens is 968 g/mol. The quantitative estimate of drug-likeness (QED) is 0.0468. The number of aromatic hydroxyl groups is 6. The van der Waals surface area contributed by atoms with Crippen molar-refractivity contribution >= 4 is 150 Å². The molecule has 13 nitrogen and oxygen atoms in total. The van der Waals surface area contributed by atoms with Crippen molar-refractivity contribution in [1.29, 1.82) is 0 Å². The summed E-state index contributed by atoms with van der Waals surface area (Å²) >= 11 is 13.0. The van der Waals surface area contributed by atoms with Crippen molar-refractivity contribution in [3.8, 4) is 34.5 Å². The van der Waals surface area contributed by atoms with Crippen LogP contribution in [0, 0.1) is 0 Å². The van der Waals surface area contributed by atoms with Crippen LogP contribution in [-0.4, -0.2) is 60.9 Å². The minimum Gasteiger partial charge on any atom is -0.506 e. The normalized spacial score (nSPS) is 14.2. The molecule has 2 atom stereocenters. The molecular formula is C34H20Br4O13S. The first kappa shape index (κ1) is 35.5. The first-order chi connectivity index (χ1) is 24.2. The number of benzene rings is 8. The summed E-state index contributed by atoms with van der Waals surface area (Å²) in [6.45, 7) is 2.79. The maximum absolute atomic E-state index is 14.7. The summed E-state index contributed by atoms with van der Waals surface area (Å²) in [6.07, 6.45) is -2.90. The van der Waals surface area contributed by atoms with E-state index in [1.165, 1.54) is 13.8 Å². The van der Waals surface area contributed by atoms with Crippen LogP contribution in [0.1, 0.15) is 25.0 Å². The van der Waals surface area contributed by atoms with Gasteiger partial charge in [-0.3, -0.25) is 14.1 Å². The molecule has 0 bridgehead atoms. The highest BCUT2D eigenvalue weighted by molar-refractivity contribution is 9.11. The largest absolute Gasteiger partial charge is 0.506 e. The van der Waals surface area contributed by atoms with Gasteiger partial charge < -0.3 is 35.7 Å². The van der Waals surface area contributed by atoms with Gasteiger partial charge in [0.1, 0.15) is 43.4 Å². The summed E-state index contributed by atoms with van der Waals surface area (Å²) in [7, 11) is -4.99. The molecule has 0 amide bonds. The molecule has 8 aromatic carbocycles. The van der Waals surface area contributed by atoms with Crippen LogP contribution in [0.25, 0.3) is 75.4 Å². The number of phenolic OH excluding ortho intramolecular Hbond substituents is 6. The van der Waals surface area contributed by atoms with E-state index < -0.39 is 73.3 Å². The second-order valence-corrected chi connectivity index (χ2v) is 17.0. The van der Waals surface area contributed by atoms with Crippen LogP contribution in [0.5, 0.6) is 34.5 Å². The molecule has 0 radical (unpaired) electrons. The molecule has 0 fully saturated rings. The molecule has 18 heteroatoms. The van der Waals surface area contributed by atoms with E-state index in [9.17, 15) is 58.3 Å². The highest BCUT2D eigenvalue weighted by Gasteiger charge is 2.37. The van der Waals surface area contributed by atoms with Crippen molar-refractivity contribution in [2.45, 2.75) is 38.9 Å². The molecule has 52 heavy (non-hydrogen) atoms. The second-order valence-electron chi connectivity index (χ2n) is 12.8.